The highest BCUT2D eigenvalue weighted by atomic mass is 79.9. The topological polar surface area (TPSA) is 111 Å². The number of hydrogen-bond donors (Lipinski definition) is 3. The molecule has 2 aromatic rings. The van der Waals surface area contributed by atoms with Crippen LogP contribution in [0.5, 0.6) is 5.75 Å². The first-order valence-electron chi connectivity index (χ1n) is 9.49. The zero-order valence-corrected chi connectivity index (χ0v) is 21.0. The molecule has 10 heteroatoms. The number of amides is 1. The van der Waals surface area contributed by atoms with E-state index in [2.05, 4.69) is 26.6 Å². The molecule has 0 bridgehead atoms. The van der Waals surface area contributed by atoms with Crippen LogP contribution in [0.1, 0.15) is 31.9 Å². The molecule has 4 N–H and O–H groups in total. The molecular weight excluding hydrogens is 506 g/mol. The van der Waals surface area contributed by atoms with E-state index < -0.39 is 10.0 Å². The standard InChI is InChI=1S/C21H28BrN3O4S.ClH/c1-21(2,3)25-20(26)14-29-19-9-6-17(22)12-16(19)13-24-11-10-15-4-7-18(8-5-15)30(23,27)28;/h4-9,12,24H,10-11,13-14H2,1-3H3,(H,25,26)(H2,23,27,28);1H. The number of benzene rings is 2. The van der Waals surface area contributed by atoms with E-state index in [9.17, 15) is 13.2 Å². The highest BCUT2D eigenvalue weighted by Gasteiger charge is 2.15. The van der Waals surface area contributed by atoms with Crippen molar-refractivity contribution in [2.75, 3.05) is 13.2 Å². The van der Waals surface area contributed by atoms with E-state index >= 15 is 0 Å². The number of ether oxygens (including phenoxy) is 1. The summed E-state index contributed by atoms with van der Waals surface area (Å²) in [5.74, 6) is 0.472. The summed E-state index contributed by atoms with van der Waals surface area (Å²) in [6.07, 6.45) is 0.725. The number of carbonyl (C=O) groups is 1. The van der Waals surface area contributed by atoms with E-state index in [0.29, 0.717) is 18.8 Å². The number of rotatable bonds is 9. The van der Waals surface area contributed by atoms with Gasteiger partial charge < -0.3 is 15.4 Å². The van der Waals surface area contributed by atoms with Crippen molar-refractivity contribution in [1.82, 2.24) is 10.6 Å². The summed E-state index contributed by atoms with van der Waals surface area (Å²) in [4.78, 5) is 12.1. The van der Waals surface area contributed by atoms with Crippen molar-refractivity contribution in [2.45, 2.75) is 44.2 Å². The third kappa shape index (κ3) is 10.0. The van der Waals surface area contributed by atoms with Gasteiger partial charge in [0.25, 0.3) is 5.91 Å². The van der Waals surface area contributed by atoms with Crippen molar-refractivity contribution in [3.8, 4) is 5.75 Å². The van der Waals surface area contributed by atoms with Crippen molar-refractivity contribution < 1.29 is 17.9 Å². The minimum absolute atomic E-state index is 0. The maximum Gasteiger partial charge on any atom is 0.258 e. The van der Waals surface area contributed by atoms with Crippen molar-refractivity contribution in [1.29, 1.82) is 0 Å². The van der Waals surface area contributed by atoms with Gasteiger partial charge in [-0.05, 0) is 69.6 Å². The Morgan fingerprint density at radius 1 is 1.13 bits per heavy atom. The first kappa shape index (κ1) is 27.4. The number of primary sulfonamides is 1. The number of nitrogens with one attached hydrogen (secondary N) is 2. The average molecular weight is 535 g/mol. The van der Waals surface area contributed by atoms with Gasteiger partial charge in [0.1, 0.15) is 5.75 Å². The second-order valence-corrected chi connectivity index (χ2v) is 10.4. The smallest absolute Gasteiger partial charge is 0.258 e. The van der Waals surface area contributed by atoms with Gasteiger partial charge in [0.15, 0.2) is 6.61 Å². The van der Waals surface area contributed by atoms with E-state index in [4.69, 9.17) is 9.88 Å². The van der Waals surface area contributed by atoms with Crippen LogP contribution in [0.3, 0.4) is 0 Å². The molecule has 0 radical (unpaired) electrons. The minimum atomic E-state index is -3.67. The predicted octanol–water partition coefficient (Wildman–Crippen LogP) is 3.14. The monoisotopic (exact) mass is 533 g/mol. The molecule has 0 aromatic heterocycles. The lowest BCUT2D eigenvalue weighted by atomic mass is 10.1. The quantitative estimate of drug-likeness (QED) is 0.428. The largest absolute Gasteiger partial charge is 0.483 e. The highest BCUT2D eigenvalue weighted by Crippen LogP contribution is 2.23. The first-order chi connectivity index (χ1) is 13.9. The Morgan fingerprint density at radius 2 is 1.77 bits per heavy atom. The molecule has 0 saturated heterocycles. The summed E-state index contributed by atoms with van der Waals surface area (Å²) < 4.78 is 29.3. The fourth-order valence-corrected chi connectivity index (χ4v) is 3.65. The Morgan fingerprint density at radius 3 is 2.35 bits per heavy atom. The van der Waals surface area contributed by atoms with E-state index in [0.717, 1.165) is 22.0 Å². The van der Waals surface area contributed by atoms with Crippen LogP contribution in [-0.4, -0.2) is 33.0 Å². The molecule has 0 saturated carbocycles. The summed E-state index contributed by atoms with van der Waals surface area (Å²) in [6.45, 7) is 6.95. The van der Waals surface area contributed by atoms with Gasteiger partial charge in [0.05, 0.1) is 4.90 Å². The zero-order chi connectivity index (χ0) is 22.4. The molecule has 7 nitrogen and oxygen atoms in total. The number of hydrogen-bond acceptors (Lipinski definition) is 5. The maximum absolute atomic E-state index is 12.0. The van der Waals surface area contributed by atoms with Crippen LogP contribution in [0.4, 0.5) is 0 Å². The average Bonchev–Trinajstić information content (AvgIpc) is 2.63. The minimum Gasteiger partial charge on any atom is -0.483 e. The van der Waals surface area contributed by atoms with Crippen LogP contribution in [0.2, 0.25) is 0 Å². The molecule has 172 valence electrons. The summed E-state index contributed by atoms with van der Waals surface area (Å²) in [7, 11) is -3.67. The molecule has 2 rings (SSSR count). The van der Waals surface area contributed by atoms with Gasteiger partial charge in [0.2, 0.25) is 10.0 Å². The van der Waals surface area contributed by atoms with Gasteiger partial charge >= 0.3 is 0 Å². The third-order valence-corrected chi connectivity index (χ3v) is 5.48. The van der Waals surface area contributed by atoms with E-state index in [1.807, 2.05) is 39.0 Å². The predicted molar refractivity (Wildman–Crippen MR) is 128 cm³/mol. The molecule has 2 aromatic carbocycles. The summed E-state index contributed by atoms with van der Waals surface area (Å²) in [5.41, 5.74) is 1.62. The Kier molecular flexibility index (Phi) is 10.4. The SMILES string of the molecule is CC(C)(C)NC(=O)COc1ccc(Br)cc1CNCCc1ccc(S(N)(=O)=O)cc1.Cl. The Bertz CT molecular complexity index is 977. The van der Waals surface area contributed by atoms with Crippen LogP contribution < -0.4 is 20.5 Å². The van der Waals surface area contributed by atoms with Crippen LogP contribution >= 0.6 is 28.3 Å². The van der Waals surface area contributed by atoms with Crippen LogP contribution in [-0.2, 0) is 27.8 Å². The van der Waals surface area contributed by atoms with Crippen molar-refractivity contribution in [3.05, 3.63) is 58.1 Å². The molecule has 0 spiro atoms. The highest BCUT2D eigenvalue weighted by molar-refractivity contribution is 9.10. The summed E-state index contributed by atoms with van der Waals surface area (Å²) >= 11 is 3.46. The van der Waals surface area contributed by atoms with E-state index in [1.54, 1.807) is 12.1 Å². The zero-order valence-electron chi connectivity index (χ0n) is 17.8. The number of carbonyl (C=O) groups excluding carboxylic acids is 1. The van der Waals surface area contributed by atoms with Gasteiger partial charge in [-0.25, -0.2) is 13.6 Å². The third-order valence-electron chi connectivity index (χ3n) is 4.05. The lowest BCUT2D eigenvalue weighted by Gasteiger charge is -2.21. The van der Waals surface area contributed by atoms with Crippen molar-refractivity contribution in [2.24, 2.45) is 5.14 Å². The number of halogens is 2. The normalized spacial score (nSPS) is 11.5. The van der Waals surface area contributed by atoms with Gasteiger partial charge in [-0.15, -0.1) is 12.4 Å². The Balaban J connectivity index is 0.00000480. The fraction of sp³-hybridized carbons (Fsp3) is 0.381. The van der Waals surface area contributed by atoms with Crippen molar-refractivity contribution >= 4 is 44.3 Å². The molecule has 0 aliphatic rings. The van der Waals surface area contributed by atoms with E-state index in [-0.39, 0.29) is 35.4 Å². The molecular formula is C21H29BrClN3O4S. The molecule has 31 heavy (non-hydrogen) atoms. The van der Waals surface area contributed by atoms with Gasteiger partial charge in [-0.1, -0.05) is 28.1 Å². The maximum atomic E-state index is 12.0. The van der Waals surface area contributed by atoms with Crippen molar-refractivity contribution in [3.63, 3.8) is 0 Å². The van der Waals surface area contributed by atoms with Crippen LogP contribution in [0, 0.1) is 0 Å². The second kappa shape index (κ2) is 11.8. The Labute approximate surface area is 198 Å². The fourth-order valence-electron chi connectivity index (χ4n) is 2.73. The lowest BCUT2D eigenvalue weighted by Crippen LogP contribution is -2.43. The molecule has 0 heterocycles. The molecule has 0 unspecified atom stereocenters. The lowest BCUT2D eigenvalue weighted by molar-refractivity contribution is -0.124. The van der Waals surface area contributed by atoms with Gasteiger partial charge in [-0.3, -0.25) is 4.79 Å². The van der Waals surface area contributed by atoms with Gasteiger partial charge in [0, 0.05) is 22.1 Å². The molecule has 0 aliphatic carbocycles. The van der Waals surface area contributed by atoms with Crippen LogP contribution in [0.25, 0.3) is 0 Å². The second-order valence-electron chi connectivity index (χ2n) is 7.95. The number of nitrogens with two attached hydrogens (primary N) is 1. The molecule has 0 aliphatic heterocycles. The molecule has 1 amide bonds. The molecule has 0 atom stereocenters. The van der Waals surface area contributed by atoms with E-state index in [1.165, 1.54) is 12.1 Å². The number of sulfonamides is 1. The molecule has 0 fully saturated rings. The van der Waals surface area contributed by atoms with Gasteiger partial charge in [-0.2, -0.15) is 0 Å². The summed E-state index contributed by atoms with van der Waals surface area (Å²) in [5, 5.41) is 11.3. The van der Waals surface area contributed by atoms with Crippen LogP contribution in [0.15, 0.2) is 51.8 Å². The Hall–Kier alpha value is -1.65. The summed E-state index contributed by atoms with van der Waals surface area (Å²) in [6, 6.07) is 12.2. The first-order valence-corrected chi connectivity index (χ1v) is 11.8.